The smallest absolute Gasteiger partial charge is 0.254 e. The van der Waals surface area contributed by atoms with Crippen molar-refractivity contribution in [1.29, 1.82) is 0 Å². The van der Waals surface area contributed by atoms with Crippen LogP contribution in [0, 0.1) is 0 Å². The normalized spacial score (nSPS) is 12.5. The molecule has 208 valence electrons. The van der Waals surface area contributed by atoms with E-state index in [9.17, 15) is 4.79 Å². The highest BCUT2D eigenvalue weighted by atomic mass is 35.5. The summed E-state index contributed by atoms with van der Waals surface area (Å²) >= 11 is 0. The van der Waals surface area contributed by atoms with Crippen LogP contribution in [0.3, 0.4) is 0 Å². The van der Waals surface area contributed by atoms with Crippen molar-refractivity contribution in [2.75, 3.05) is 61.7 Å². The van der Waals surface area contributed by atoms with Gasteiger partial charge in [0.1, 0.15) is 0 Å². The van der Waals surface area contributed by atoms with Crippen molar-refractivity contribution in [2.24, 2.45) is 0 Å². The summed E-state index contributed by atoms with van der Waals surface area (Å²) in [5.74, 6) is 2.73. The number of benzene rings is 2. The molecule has 38 heavy (non-hydrogen) atoms. The number of amides is 1. The van der Waals surface area contributed by atoms with E-state index in [0.29, 0.717) is 22.8 Å². The average Bonchev–Trinajstić information content (AvgIpc) is 2.91. The lowest BCUT2D eigenvalue weighted by atomic mass is 9.98. The molecule has 3 aromatic rings. The molecule has 1 aliphatic heterocycles. The van der Waals surface area contributed by atoms with E-state index in [-0.39, 0.29) is 30.7 Å². The number of likely N-dealkylation sites (N-methyl/N-ethyl adjacent to an activating group) is 1. The second kappa shape index (κ2) is 14.3. The number of carbonyl (C=O) groups is 1. The van der Waals surface area contributed by atoms with Crippen LogP contribution in [0.4, 0.5) is 0 Å². The van der Waals surface area contributed by atoms with Crippen molar-refractivity contribution >= 4 is 41.5 Å². The van der Waals surface area contributed by atoms with Crippen LogP contribution in [0.1, 0.15) is 27.9 Å². The van der Waals surface area contributed by atoms with Crippen LogP contribution in [-0.4, -0.2) is 82.4 Å². The number of hydrogen-bond acceptors (Lipinski definition) is 7. The fourth-order valence-corrected chi connectivity index (χ4v) is 4.78. The third-order valence-electron chi connectivity index (χ3n) is 6.85. The van der Waals surface area contributed by atoms with Crippen molar-refractivity contribution in [3.05, 3.63) is 53.3 Å². The van der Waals surface area contributed by atoms with E-state index in [1.165, 1.54) is 5.56 Å². The van der Waals surface area contributed by atoms with Crippen molar-refractivity contribution in [3.63, 3.8) is 0 Å². The molecule has 0 fully saturated rings. The number of rotatable bonds is 11. The molecule has 2 heterocycles. The molecule has 2 aromatic carbocycles. The summed E-state index contributed by atoms with van der Waals surface area (Å²) in [4.78, 5) is 21.7. The summed E-state index contributed by atoms with van der Waals surface area (Å²) in [5, 5.41) is 2.16. The third-order valence-corrected chi connectivity index (χ3v) is 6.85. The summed E-state index contributed by atoms with van der Waals surface area (Å²) < 4.78 is 21.7. The largest absolute Gasteiger partial charge is 0.493 e. The quantitative estimate of drug-likeness (QED) is 0.334. The lowest BCUT2D eigenvalue weighted by Crippen LogP contribution is -2.39. The monoisotopic (exact) mass is 565 g/mol. The number of carbonyl (C=O) groups excluding carboxylic acids is 1. The molecule has 0 unspecified atom stereocenters. The van der Waals surface area contributed by atoms with Crippen LogP contribution in [0.5, 0.6) is 23.0 Å². The van der Waals surface area contributed by atoms with E-state index in [0.717, 1.165) is 67.5 Å². The van der Waals surface area contributed by atoms with Gasteiger partial charge in [-0.05, 0) is 73.6 Å². The van der Waals surface area contributed by atoms with Gasteiger partial charge in [0, 0.05) is 43.0 Å². The summed E-state index contributed by atoms with van der Waals surface area (Å²) in [5.41, 5.74) is 2.90. The van der Waals surface area contributed by atoms with Gasteiger partial charge in [0.15, 0.2) is 23.0 Å². The molecule has 8 nitrogen and oxygen atoms in total. The van der Waals surface area contributed by atoms with Gasteiger partial charge in [-0.3, -0.25) is 9.78 Å². The first-order chi connectivity index (χ1) is 17.5. The average molecular weight is 567 g/mol. The third kappa shape index (κ3) is 6.73. The topological polar surface area (TPSA) is 73.4 Å². The fraction of sp³-hybridized carbons (Fsp3) is 0.429. The van der Waals surface area contributed by atoms with E-state index >= 15 is 0 Å². The van der Waals surface area contributed by atoms with Crippen molar-refractivity contribution in [1.82, 2.24) is 14.8 Å². The lowest BCUT2D eigenvalue weighted by Gasteiger charge is -2.30. The Morgan fingerprint density at radius 3 is 2.18 bits per heavy atom. The van der Waals surface area contributed by atoms with Gasteiger partial charge in [0.2, 0.25) is 0 Å². The van der Waals surface area contributed by atoms with Crippen molar-refractivity contribution in [2.45, 2.75) is 19.3 Å². The standard InChI is InChI=1S/C28H35N3O5.2ClH/c1-30(11-7-20-17-29-18-21-14-25(34-3)26(35-4)15-22(20)21)9-6-10-31-12-8-19-13-24(33-2)27(36-5)16-23(19)28(31)32;;/h13-18H,6-12H2,1-5H3;2*1H. The lowest BCUT2D eigenvalue weighted by molar-refractivity contribution is 0.0732. The first kappa shape index (κ1) is 31.3. The van der Waals surface area contributed by atoms with Gasteiger partial charge in [0.25, 0.3) is 5.91 Å². The number of ether oxygens (including phenoxy) is 4. The van der Waals surface area contributed by atoms with E-state index in [4.69, 9.17) is 18.9 Å². The van der Waals surface area contributed by atoms with Gasteiger partial charge in [-0.1, -0.05) is 0 Å². The molecule has 1 aliphatic rings. The van der Waals surface area contributed by atoms with Crippen LogP contribution in [0.25, 0.3) is 10.8 Å². The van der Waals surface area contributed by atoms with Crippen LogP contribution < -0.4 is 18.9 Å². The summed E-state index contributed by atoms with van der Waals surface area (Å²) in [6, 6.07) is 7.71. The number of pyridine rings is 1. The Kier molecular flexibility index (Phi) is 11.8. The zero-order valence-corrected chi connectivity index (χ0v) is 24.2. The Morgan fingerprint density at radius 2 is 1.50 bits per heavy atom. The van der Waals surface area contributed by atoms with Crippen LogP contribution in [-0.2, 0) is 12.8 Å². The predicted octanol–water partition coefficient (Wildman–Crippen LogP) is 4.68. The van der Waals surface area contributed by atoms with Gasteiger partial charge in [-0.25, -0.2) is 0 Å². The number of halogens is 2. The molecule has 0 aliphatic carbocycles. The molecule has 1 aromatic heterocycles. The first-order valence-electron chi connectivity index (χ1n) is 12.2. The molecule has 10 heteroatoms. The van der Waals surface area contributed by atoms with Gasteiger partial charge < -0.3 is 28.7 Å². The van der Waals surface area contributed by atoms with E-state index in [1.54, 1.807) is 34.5 Å². The molecule has 0 saturated heterocycles. The molecule has 0 saturated carbocycles. The predicted molar refractivity (Wildman–Crippen MR) is 154 cm³/mol. The van der Waals surface area contributed by atoms with Crippen molar-refractivity contribution in [3.8, 4) is 23.0 Å². The fourth-order valence-electron chi connectivity index (χ4n) is 4.78. The Balaban J connectivity index is 0.00000253. The summed E-state index contributed by atoms with van der Waals surface area (Å²) in [7, 11) is 8.61. The Morgan fingerprint density at radius 1 is 0.868 bits per heavy atom. The zero-order chi connectivity index (χ0) is 25.7. The minimum atomic E-state index is 0. The second-order valence-electron chi connectivity index (χ2n) is 9.04. The molecule has 0 atom stereocenters. The molecule has 1 amide bonds. The molecule has 0 spiro atoms. The highest BCUT2D eigenvalue weighted by Crippen LogP contribution is 2.34. The van der Waals surface area contributed by atoms with Crippen molar-refractivity contribution < 1.29 is 23.7 Å². The van der Waals surface area contributed by atoms with Crippen LogP contribution >= 0.6 is 24.8 Å². The summed E-state index contributed by atoms with van der Waals surface area (Å²) in [6.07, 6.45) is 6.37. The SMILES string of the molecule is COc1cc2c(cc1OC)C(=O)N(CCCN(C)CCc1cncc3cc(OC)c(OC)cc13)CC2.Cl.Cl. The second-order valence-corrected chi connectivity index (χ2v) is 9.04. The molecular formula is C28H37Cl2N3O5. The maximum atomic E-state index is 13.1. The molecule has 0 radical (unpaired) electrons. The van der Waals surface area contributed by atoms with Gasteiger partial charge in [0.05, 0.1) is 28.4 Å². The van der Waals surface area contributed by atoms with Gasteiger partial charge in [-0.15, -0.1) is 24.8 Å². The maximum absolute atomic E-state index is 13.1. The minimum Gasteiger partial charge on any atom is -0.493 e. The molecule has 4 rings (SSSR count). The van der Waals surface area contributed by atoms with E-state index < -0.39 is 0 Å². The number of aromatic nitrogens is 1. The Hall–Kier alpha value is -2.94. The van der Waals surface area contributed by atoms with Gasteiger partial charge in [-0.2, -0.15) is 0 Å². The first-order valence-corrected chi connectivity index (χ1v) is 12.2. The molecule has 0 N–H and O–H groups in total. The number of hydrogen-bond donors (Lipinski definition) is 0. The molecule has 0 bridgehead atoms. The molecular weight excluding hydrogens is 529 g/mol. The van der Waals surface area contributed by atoms with Gasteiger partial charge >= 0.3 is 0 Å². The number of methoxy groups -OCH3 is 4. The van der Waals surface area contributed by atoms with Crippen LogP contribution in [0.2, 0.25) is 0 Å². The minimum absolute atomic E-state index is 0. The Bertz CT molecular complexity index is 1240. The highest BCUT2D eigenvalue weighted by Gasteiger charge is 2.26. The van der Waals surface area contributed by atoms with E-state index in [2.05, 4.69) is 16.9 Å². The van der Waals surface area contributed by atoms with E-state index in [1.807, 2.05) is 35.5 Å². The number of nitrogens with zero attached hydrogens (tertiary/aromatic N) is 3. The maximum Gasteiger partial charge on any atom is 0.254 e. The number of fused-ring (bicyclic) bond motifs is 2. The Labute approximate surface area is 237 Å². The highest BCUT2D eigenvalue weighted by molar-refractivity contribution is 5.97. The van der Waals surface area contributed by atoms with Crippen LogP contribution in [0.15, 0.2) is 36.7 Å². The zero-order valence-electron chi connectivity index (χ0n) is 22.6. The summed E-state index contributed by atoms with van der Waals surface area (Å²) in [6.45, 7) is 3.24.